The van der Waals surface area contributed by atoms with Crippen LogP contribution in [0.3, 0.4) is 0 Å². The van der Waals surface area contributed by atoms with E-state index in [-0.39, 0.29) is 12.0 Å². The first-order chi connectivity index (χ1) is 10.6. The second-order valence-corrected chi connectivity index (χ2v) is 8.46. The third kappa shape index (κ3) is 3.84. The molecule has 0 spiro atoms. The lowest BCUT2D eigenvalue weighted by Crippen LogP contribution is -2.36. The Labute approximate surface area is 147 Å². The summed E-state index contributed by atoms with van der Waals surface area (Å²) in [5, 5.41) is 2.01. The van der Waals surface area contributed by atoms with Gasteiger partial charge in [-0.15, -0.1) is 22.7 Å². The van der Waals surface area contributed by atoms with Crippen LogP contribution in [0.5, 0.6) is 0 Å². The number of hydrogen-bond donors (Lipinski definition) is 0. The van der Waals surface area contributed by atoms with Gasteiger partial charge < -0.3 is 9.64 Å². The van der Waals surface area contributed by atoms with Gasteiger partial charge in [-0.05, 0) is 30.4 Å². The Bertz CT molecular complexity index is 636. The van der Waals surface area contributed by atoms with Crippen LogP contribution in [-0.4, -0.2) is 30.1 Å². The maximum atomic E-state index is 12.8. The molecule has 3 rings (SSSR count). The monoisotopic (exact) mass is 375 g/mol. The molecule has 1 aliphatic heterocycles. The molecule has 3 heterocycles. The van der Waals surface area contributed by atoms with Gasteiger partial charge in [-0.25, -0.2) is 0 Å². The molecule has 1 saturated heterocycles. The van der Waals surface area contributed by atoms with E-state index in [1.807, 2.05) is 22.4 Å². The standard InChI is InChI=1S/C15H15Cl2NO2S2/c16-13-7-12(14(17)22-13)15(19)18(8-10-3-1-5-20-10)9-11-4-2-6-21-11/h2,4,6-7,10H,1,3,5,8-9H2. The molecule has 0 saturated carbocycles. The number of thiophene rings is 2. The van der Waals surface area contributed by atoms with Crippen LogP contribution in [-0.2, 0) is 11.3 Å². The van der Waals surface area contributed by atoms with Gasteiger partial charge in [0.25, 0.3) is 5.91 Å². The molecule has 1 aliphatic rings. The Kier molecular flexibility index (Phi) is 5.42. The van der Waals surface area contributed by atoms with Gasteiger partial charge in [0.2, 0.25) is 0 Å². The molecule has 0 N–H and O–H groups in total. The lowest BCUT2D eigenvalue weighted by atomic mass is 10.2. The number of amides is 1. The quantitative estimate of drug-likeness (QED) is 0.740. The number of nitrogens with zero attached hydrogens (tertiary/aromatic N) is 1. The van der Waals surface area contributed by atoms with E-state index in [1.165, 1.54) is 11.3 Å². The number of carbonyl (C=O) groups excluding carboxylic acids is 1. The molecule has 2 aromatic rings. The van der Waals surface area contributed by atoms with E-state index < -0.39 is 0 Å². The van der Waals surface area contributed by atoms with Crippen LogP contribution in [0.25, 0.3) is 0 Å². The summed E-state index contributed by atoms with van der Waals surface area (Å²) in [6.07, 6.45) is 2.15. The molecular formula is C15H15Cl2NO2S2. The van der Waals surface area contributed by atoms with E-state index in [0.717, 1.165) is 24.3 Å². The maximum absolute atomic E-state index is 12.8. The minimum absolute atomic E-state index is 0.0861. The van der Waals surface area contributed by atoms with Crippen molar-refractivity contribution in [2.75, 3.05) is 13.2 Å². The summed E-state index contributed by atoms with van der Waals surface area (Å²) in [4.78, 5) is 15.8. The highest BCUT2D eigenvalue weighted by Crippen LogP contribution is 2.32. The van der Waals surface area contributed by atoms with Gasteiger partial charge in [0.05, 0.1) is 22.5 Å². The Morgan fingerprint density at radius 2 is 2.32 bits per heavy atom. The zero-order valence-corrected chi connectivity index (χ0v) is 14.9. The lowest BCUT2D eigenvalue weighted by Gasteiger charge is -2.25. The van der Waals surface area contributed by atoms with E-state index in [9.17, 15) is 4.79 Å². The van der Waals surface area contributed by atoms with E-state index >= 15 is 0 Å². The third-order valence-electron chi connectivity index (χ3n) is 3.55. The van der Waals surface area contributed by atoms with Crippen LogP contribution in [0.4, 0.5) is 0 Å². The van der Waals surface area contributed by atoms with Gasteiger partial charge in [0, 0.05) is 18.0 Å². The highest BCUT2D eigenvalue weighted by molar-refractivity contribution is 7.20. The Hall–Kier alpha value is -0.590. The van der Waals surface area contributed by atoms with Crippen molar-refractivity contribution in [2.45, 2.75) is 25.5 Å². The molecule has 1 unspecified atom stereocenters. The van der Waals surface area contributed by atoms with Crippen molar-refractivity contribution < 1.29 is 9.53 Å². The van der Waals surface area contributed by atoms with E-state index in [1.54, 1.807) is 17.4 Å². The molecule has 0 aromatic carbocycles. The predicted molar refractivity (Wildman–Crippen MR) is 92.4 cm³/mol. The van der Waals surface area contributed by atoms with E-state index in [0.29, 0.717) is 27.3 Å². The second-order valence-electron chi connectivity index (χ2n) is 5.14. The van der Waals surface area contributed by atoms with Crippen LogP contribution in [0.1, 0.15) is 28.1 Å². The molecule has 3 nitrogen and oxygen atoms in total. The van der Waals surface area contributed by atoms with Crippen molar-refractivity contribution >= 4 is 51.8 Å². The van der Waals surface area contributed by atoms with Gasteiger partial charge >= 0.3 is 0 Å². The number of rotatable bonds is 5. The molecule has 0 aliphatic carbocycles. The first-order valence-electron chi connectivity index (χ1n) is 7.01. The average Bonchev–Trinajstić information content (AvgIpc) is 3.20. The van der Waals surface area contributed by atoms with Crippen molar-refractivity contribution in [1.82, 2.24) is 4.90 Å². The smallest absolute Gasteiger partial charge is 0.256 e. The summed E-state index contributed by atoms with van der Waals surface area (Å²) in [6.45, 7) is 1.93. The van der Waals surface area contributed by atoms with Crippen LogP contribution in [0.15, 0.2) is 23.6 Å². The summed E-state index contributed by atoms with van der Waals surface area (Å²) < 4.78 is 6.65. The number of carbonyl (C=O) groups is 1. The van der Waals surface area contributed by atoms with Crippen molar-refractivity contribution in [1.29, 1.82) is 0 Å². The summed E-state index contributed by atoms with van der Waals surface area (Å²) in [5.41, 5.74) is 0.478. The first kappa shape index (κ1) is 16.3. The van der Waals surface area contributed by atoms with Gasteiger partial charge in [0.1, 0.15) is 4.34 Å². The van der Waals surface area contributed by atoms with Crippen molar-refractivity contribution in [3.05, 3.63) is 42.7 Å². The fraction of sp³-hybridized carbons (Fsp3) is 0.400. The fourth-order valence-electron chi connectivity index (χ4n) is 2.50. The average molecular weight is 376 g/mol. The van der Waals surface area contributed by atoms with Gasteiger partial charge in [-0.1, -0.05) is 29.3 Å². The van der Waals surface area contributed by atoms with E-state index in [4.69, 9.17) is 27.9 Å². The predicted octanol–water partition coefficient (Wildman–Crippen LogP) is 4.94. The number of halogens is 2. The Balaban J connectivity index is 1.79. The molecule has 22 heavy (non-hydrogen) atoms. The highest BCUT2D eigenvalue weighted by Gasteiger charge is 2.26. The maximum Gasteiger partial charge on any atom is 0.256 e. The third-order valence-corrected chi connectivity index (χ3v) is 5.90. The van der Waals surface area contributed by atoms with Crippen molar-refractivity contribution in [2.24, 2.45) is 0 Å². The van der Waals surface area contributed by atoms with E-state index in [2.05, 4.69) is 0 Å². The van der Waals surface area contributed by atoms with Crippen molar-refractivity contribution in [3.63, 3.8) is 0 Å². The molecule has 0 radical (unpaired) electrons. The number of hydrogen-bond acceptors (Lipinski definition) is 4. The molecule has 1 atom stereocenters. The molecule has 0 bridgehead atoms. The minimum Gasteiger partial charge on any atom is -0.376 e. The second kappa shape index (κ2) is 7.32. The van der Waals surface area contributed by atoms with Crippen LogP contribution < -0.4 is 0 Å². The minimum atomic E-state index is -0.0861. The topological polar surface area (TPSA) is 29.5 Å². The molecule has 1 amide bonds. The molecular weight excluding hydrogens is 361 g/mol. The van der Waals surface area contributed by atoms with Gasteiger partial charge in [-0.3, -0.25) is 4.79 Å². The molecule has 7 heteroatoms. The normalized spacial score (nSPS) is 17.8. The van der Waals surface area contributed by atoms with Gasteiger partial charge in [0.15, 0.2) is 0 Å². The number of ether oxygens (including phenoxy) is 1. The molecule has 1 fully saturated rings. The summed E-state index contributed by atoms with van der Waals surface area (Å²) >= 11 is 15.0. The first-order valence-corrected chi connectivity index (χ1v) is 9.47. The van der Waals surface area contributed by atoms with Crippen LogP contribution >= 0.6 is 45.9 Å². The highest BCUT2D eigenvalue weighted by atomic mass is 35.5. The zero-order valence-electron chi connectivity index (χ0n) is 11.8. The van der Waals surface area contributed by atoms with Crippen molar-refractivity contribution in [3.8, 4) is 0 Å². The lowest BCUT2D eigenvalue weighted by molar-refractivity contribution is 0.0510. The van der Waals surface area contributed by atoms with Crippen LogP contribution in [0.2, 0.25) is 8.67 Å². The Morgan fingerprint density at radius 3 is 2.91 bits per heavy atom. The largest absolute Gasteiger partial charge is 0.376 e. The summed E-state index contributed by atoms with van der Waals surface area (Å²) in [6, 6.07) is 5.67. The van der Waals surface area contributed by atoms with Gasteiger partial charge in [-0.2, -0.15) is 0 Å². The zero-order chi connectivity index (χ0) is 15.5. The Morgan fingerprint density at radius 1 is 1.45 bits per heavy atom. The van der Waals surface area contributed by atoms with Crippen LogP contribution in [0, 0.1) is 0 Å². The SMILES string of the molecule is O=C(c1cc(Cl)sc1Cl)N(Cc1cccs1)CC1CCCO1. The summed E-state index contributed by atoms with van der Waals surface area (Å²) in [5.74, 6) is -0.0861. The molecule has 2 aromatic heterocycles. The molecule has 118 valence electrons. The summed E-state index contributed by atoms with van der Waals surface area (Å²) in [7, 11) is 0. The fourth-order valence-corrected chi connectivity index (χ4v) is 4.67.